The number of fused-ring (bicyclic) bond motifs is 1. The van der Waals surface area contributed by atoms with Crippen molar-refractivity contribution < 1.29 is 4.42 Å². The first kappa shape index (κ1) is 9.81. The van der Waals surface area contributed by atoms with Crippen molar-refractivity contribution in [1.82, 2.24) is 15.0 Å². The highest BCUT2D eigenvalue weighted by molar-refractivity contribution is 5.75. The van der Waals surface area contributed by atoms with Crippen LogP contribution in [0.2, 0.25) is 0 Å². The monoisotopic (exact) mass is 218 g/mol. The van der Waals surface area contributed by atoms with E-state index in [0.29, 0.717) is 0 Å². The zero-order valence-corrected chi connectivity index (χ0v) is 9.44. The number of hydrogen-bond donors (Lipinski definition) is 1. The molecule has 1 saturated heterocycles. The van der Waals surface area contributed by atoms with Crippen molar-refractivity contribution in [2.45, 2.75) is 12.8 Å². The Morgan fingerprint density at radius 3 is 2.94 bits per heavy atom. The second-order valence-electron chi connectivity index (χ2n) is 4.34. The average molecular weight is 218 g/mol. The van der Waals surface area contributed by atoms with E-state index in [-0.39, 0.29) is 0 Å². The number of aromatic nitrogens is 1. The zero-order chi connectivity index (χ0) is 11.0. The smallest absolute Gasteiger partial charge is 0.174 e. The van der Waals surface area contributed by atoms with Gasteiger partial charge in [-0.2, -0.15) is 5.43 Å². The Morgan fingerprint density at radius 2 is 2.19 bits per heavy atom. The normalized spacial score (nSPS) is 19.3. The van der Waals surface area contributed by atoms with E-state index in [0.717, 1.165) is 28.8 Å². The summed E-state index contributed by atoms with van der Waals surface area (Å²) in [4.78, 5) is 4.43. The van der Waals surface area contributed by atoms with Crippen LogP contribution >= 0.6 is 0 Å². The Labute approximate surface area is 94.4 Å². The minimum atomic E-state index is 0.823. The van der Waals surface area contributed by atoms with E-state index >= 15 is 0 Å². The minimum Gasteiger partial charge on any atom is -0.462 e. The molecule has 0 aromatic carbocycles. The molecule has 0 bridgehead atoms. The third-order valence-corrected chi connectivity index (χ3v) is 3.54. The molecular weight excluding hydrogens is 202 g/mol. The SMILES string of the molecule is CN[N+]1(c2cnc3ccoc3c2)CCCC1. The van der Waals surface area contributed by atoms with Gasteiger partial charge in [0.1, 0.15) is 18.6 Å². The summed E-state index contributed by atoms with van der Waals surface area (Å²) in [5.41, 5.74) is 6.40. The van der Waals surface area contributed by atoms with E-state index in [1.165, 1.54) is 18.5 Å². The van der Waals surface area contributed by atoms with Gasteiger partial charge < -0.3 is 4.42 Å². The second kappa shape index (κ2) is 3.57. The molecule has 0 radical (unpaired) electrons. The number of quaternary nitrogens is 1. The van der Waals surface area contributed by atoms with Gasteiger partial charge in [0.05, 0.1) is 12.5 Å². The van der Waals surface area contributed by atoms with E-state index in [1.807, 2.05) is 19.3 Å². The highest BCUT2D eigenvalue weighted by Crippen LogP contribution is 2.28. The van der Waals surface area contributed by atoms with Gasteiger partial charge in [0.2, 0.25) is 0 Å². The average Bonchev–Trinajstić information content (AvgIpc) is 2.97. The molecule has 1 aliphatic heterocycles. The van der Waals surface area contributed by atoms with Crippen molar-refractivity contribution in [3.05, 3.63) is 24.6 Å². The predicted octanol–water partition coefficient (Wildman–Crippen LogP) is 2.06. The van der Waals surface area contributed by atoms with E-state index in [1.54, 1.807) is 6.26 Å². The van der Waals surface area contributed by atoms with Crippen molar-refractivity contribution in [2.75, 3.05) is 20.1 Å². The lowest BCUT2D eigenvalue weighted by Gasteiger charge is -2.31. The highest BCUT2D eigenvalue weighted by Gasteiger charge is 2.34. The Kier molecular flexibility index (Phi) is 2.19. The molecule has 3 rings (SSSR count). The first-order valence-electron chi connectivity index (χ1n) is 5.74. The molecule has 1 aliphatic rings. The van der Waals surface area contributed by atoms with Gasteiger partial charge in [-0.25, -0.2) is 9.58 Å². The first-order valence-corrected chi connectivity index (χ1v) is 5.74. The Morgan fingerprint density at radius 1 is 1.38 bits per heavy atom. The van der Waals surface area contributed by atoms with Gasteiger partial charge in [0.25, 0.3) is 0 Å². The number of rotatable bonds is 2. The topological polar surface area (TPSA) is 38.1 Å². The summed E-state index contributed by atoms with van der Waals surface area (Å²) in [5.74, 6) is 0. The van der Waals surface area contributed by atoms with Crippen molar-refractivity contribution >= 4 is 16.8 Å². The molecule has 0 amide bonds. The maximum atomic E-state index is 5.41. The third-order valence-electron chi connectivity index (χ3n) is 3.54. The van der Waals surface area contributed by atoms with E-state index in [2.05, 4.69) is 16.5 Å². The van der Waals surface area contributed by atoms with Crippen molar-refractivity contribution in [2.24, 2.45) is 0 Å². The highest BCUT2D eigenvalue weighted by atomic mass is 16.3. The fourth-order valence-corrected chi connectivity index (χ4v) is 2.56. The largest absolute Gasteiger partial charge is 0.462 e. The minimum absolute atomic E-state index is 0.823. The van der Waals surface area contributed by atoms with Gasteiger partial charge in [-0.15, -0.1) is 0 Å². The number of nitrogens with zero attached hydrogens (tertiary/aromatic N) is 2. The molecule has 0 saturated carbocycles. The fraction of sp³-hybridized carbons (Fsp3) is 0.417. The molecule has 0 atom stereocenters. The quantitative estimate of drug-likeness (QED) is 0.784. The summed E-state index contributed by atoms with van der Waals surface area (Å²) in [6.45, 7) is 2.26. The Bertz CT molecular complexity index is 500. The van der Waals surface area contributed by atoms with Gasteiger partial charge in [-0.05, 0) is 0 Å². The lowest BCUT2D eigenvalue weighted by Crippen LogP contribution is -2.55. The van der Waals surface area contributed by atoms with Gasteiger partial charge in [-0.3, -0.25) is 0 Å². The molecule has 1 N–H and O–H groups in total. The van der Waals surface area contributed by atoms with Crippen LogP contribution in [0, 0.1) is 0 Å². The van der Waals surface area contributed by atoms with Crippen molar-refractivity contribution in [3.63, 3.8) is 0 Å². The summed E-state index contributed by atoms with van der Waals surface area (Å²) in [6.07, 6.45) is 6.17. The first-order chi connectivity index (χ1) is 7.84. The molecule has 2 aromatic rings. The molecular formula is C12H16N3O+. The maximum Gasteiger partial charge on any atom is 0.174 e. The lowest BCUT2D eigenvalue weighted by atomic mass is 10.3. The van der Waals surface area contributed by atoms with Crippen LogP contribution < -0.4 is 10.0 Å². The number of furan rings is 1. The summed E-state index contributed by atoms with van der Waals surface area (Å²) >= 11 is 0. The molecule has 3 heterocycles. The third kappa shape index (κ3) is 1.34. The standard InChI is InChI=1S/C12H16N3O/c1-13-15(5-2-3-6-15)10-8-12-11(14-9-10)4-7-16-12/h4,7-9,13H,2-3,5-6H2,1H3/q+1. The molecule has 1 fully saturated rings. The van der Waals surface area contributed by atoms with Gasteiger partial charge in [0, 0.05) is 32.0 Å². The molecule has 4 heteroatoms. The second-order valence-corrected chi connectivity index (χ2v) is 4.34. The van der Waals surface area contributed by atoms with Crippen LogP contribution in [-0.2, 0) is 0 Å². The molecule has 0 aliphatic carbocycles. The summed E-state index contributed by atoms with van der Waals surface area (Å²) in [7, 11) is 2.01. The maximum absolute atomic E-state index is 5.41. The summed E-state index contributed by atoms with van der Waals surface area (Å²) in [5, 5.41) is 0. The van der Waals surface area contributed by atoms with Gasteiger partial charge >= 0.3 is 0 Å². The van der Waals surface area contributed by atoms with Crippen LogP contribution in [0.15, 0.2) is 29.0 Å². The Balaban J connectivity index is 2.09. The molecule has 84 valence electrons. The summed E-state index contributed by atoms with van der Waals surface area (Å²) in [6, 6.07) is 4.00. The van der Waals surface area contributed by atoms with Crippen LogP contribution in [0.1, 0.15) is 12.8 Å². The molecule has 2 aromatic heterocycles. The van der Waals surface area contributed by atoms with Crippen LogP contribution in [0.5, 0.6) is 0 Å². The predicted molar refractivity (Wildman–Crippen MR) is 63.8 cm³/mol. The van der Waals surface area contributed by atoms with Crippen molar-refractivity contribution in [1.29, 1.82) is 0 Å². The molecule has 0 unspecified atom stereocenters. The van der Waals surface area contributed by atoms with Gasteiger partial charge in [-0.1, -0.05) is 0 Å². The van der Waals surface area contributed by atoms with E-state index < -0.39 is 0 Å². The van der Waals surface area contributed by atoms with Crippen LogP contribution in [0.4, 0.5) is 5.69 Å². The zero-order valence-electron chi connectivity index (χ0n) is 9.44. The lowest BCUT2D eigenvalue weighted by molar-refractivity contribution is 0.259. The number of nitrogens with one attached hydrogen (secondary N) is 1. The van der Waals surface area contributed by atoms with E-state index in [4.69, 9.17) is 4.42 Å². The van der Waals surface area contributed by atoms with E-state index in [9.17, 15) is 0 Å². The number of pyridine rings is 1. The van der Waals surface area contributed by atoms with Crippen LogP contribution in [-0.4, -0.2) is 25.1 Å². The fourth-order valence-electron chi connectivity index (χ4n) is 2.56. The van der Waals surface area contributed by atoms with Crippen molar-refractivity contribution in [3.8, 4) is 0 Å². The molecule has 16 heavy (non-hydrogen) atoms. The van der Waals surface area contributed by atoms with Crippen LogP contribution in [0.25, 0.3) is 11.1 Å². The number of hydrogen-bond acceptors (Lipinski definition) is 3. The van der Waals surface area contributed by atoms with Crippen LogP contribution in [0.3, 0.4) is 0 Å². The molecule has 0 spiro atoms. The Hall–Kier alpha value is -1.39. The summed E-state index contributed by atoms with van der Waals surface area (Å²) < 4.78 is 6.23. The molecule has 4 nitrogen and oxygen atoms in total. The van der Waals surface area contributed by atoms with Gasteiger partial charge in [0.15, 0.2) is 11.3 Å².